The van der Waals surface area contributed by atoms with Crippen LogP contribution in [-0.4, -0.2) is 41.8 Å². The fourth-order valence-electron chi connectivity index (χ4n) is 1.77. The third-order valence-electron chi connectivity index (χ3n) is 2.67. The number of nitrogens with zero attached hydrogens (tertiary/aromatic N) is 1. The number of hydrogen-bond donors (Lipinski definition) is 1. The van der Waals surface area contributed by atoms with Crippen LogP contribution in [0.3, 0.4) is 0 Å². The number of halogens is 4. The van der Waals surface area contributed by atoms with Crippen LogP contribution in [0.25, 0.3) is 0 Å². The molecule has 1 amide bonds. The van der Waals surface area contributed by atoms with Crippen LogP contribution < -0.4 is 5.73 Å². The van der Waals surface area contributed by atoms with Crippen molar-refractivity contribution in [1.29, 1.82) is 0 Å². The molecule has 1 saturated heterocycles. The van der Waals surface area contributed by atoms with Crippen molar-refractivity contribution in [3.63, 3.8) is 0 Å². The summed E-state index contributed by atoms with van der Waals surface area (Å²) in [6, 6.07) is -1.00. The molecule has 0 radical (unpaired) electrons. The van der Waals surface area contributed by atoms with Gasteiger partial charge in [0.05, 0.1) is 19.1 Å². The second-order valence-corrected chi connectivity index (χ2v) is 4.84. The van der Waals surface area contributed by atoms with E-state index in [1.165, 1.54) is 0 Å². The standard InChI is InChI=1S/C10H16F4N2O/c1-6(2)3-7(15)8(17)16-4-9(11,12)10(13,14)5-16/h6-7H,3-5,15H2,1-2H3. The fourth-order valence-corrected chi connectivity index (χ4v) is 1.77. The molecule has 17 heavy (non-hydrogen) atoms. The molecule has 0 aromatic carbocycles. The maximum Gasteiger partial charge on any atom is 0.329 e. The molecular weight excluding hydrogens is 240 g/mol. The van der Waals surface area contributed by atoms with Crippen molar-refractivity contribution in [1.82, 2.24) is 4.90 Å². The lowest BCUT2D eigenvalue weighted by Gasteiger charge is -2.20. The Balaban J connectivity index is 2.68. The number of carbonyl (C=O) groups is 1. The molecule has 1 unspecified atom stereocenters. The summed E-state index contributed by atoms with van der Waals surface area (Å²) < 4.78 is 51.5. The van der Waals surface area contributed by atoms with Gasteiger partial charge in [-0.1, -0.05) is 13.8 Å². The van der Waals surface area contributed by atoms with Crippen molar-refractivity contribution in [3.05, 3.63) is 0 Å². The first kappa shape index (κ1) is 14.2. The van der Waals surface area contributed by atoms with Crippen molar-refractivity contribution in [2.75, 3.05) is 13.1 Å². The van der Waals surface area contributed by atoms with Crippen molar-refractivity contribution >= 4 is 5.91 Å². The summed E-state index contributed by atoms with van der Waals surface area (Å²) in [5.41, 5.74) is 5.49. The van der Waals surface area contributed by atoms with Crippen molar-refractivity contribution < 1.29 is 22.4 Å². The van der Waals surface area contributed by atoms with Gasteiger partial charge in [0.2, 0.25) is 5.91 Å². The van der Waals surface area contributed by atoms with Gasteiger partial charge in [-0.25, -0.2) is 0 Å². The Morgan fingerprint density at radius 2 is 1.65 bits per heavy atom. The topological polar surface area (TPSA) is 46.3 Å². The minimum Gasteiger partial charge on any atom is -0.329 e. The molecule has 1 aliphatic heterocycles. The van der Waals surface area contributed by atoms with Crippen LogP contribution in [0.2, 0.25) is 0 Å². The Kier molecular flexibility index (Phi) is 3.71. The van der Waals surface area contributed by atoms with Crippen molar-refractivity contribution in [2.24, 2.45) is 11.7 Å². The van der Waals surface area contributed by atoms with E-state index < -0.39 is 36.9 Å². The number of amides is 1. The summed E-state index contributed by atoms with van der Waals surface area (Å²) in [7, 11) is 0. The molecule has 1 aliphatic rings. The third kappa shape index (κ3) is 2.88. The molecule has 100 valence electrons. The van der Waals surface area contributed by atoms with Gasteiger partial charge < -0.3 is 10.6 Å². The van der Waals surface area contributed by atoms with Crippen molar-refractivity contribution in [2.45, 2.75) is 38.2 Å². The Morgan fingerprint density at radius 1 is 1.24 bits per heavy atom. The first-order chi connectivity index (χ1) is 7.57. The molecule has 0 aromatic rings. The van der Waals surface area contributed by atoms with Crippen LogP contribution in [0.15, 0.2) is 0 Å². The van der Waals surface area contributed by atoms with Crippen LogP contribution in [0.1, 0.15) is 20.3 Å². The van der Waals surface area contributed by atoms with E-state index in [9.17, 15) is 22.4 Å². The smallest absolute Gasteiger partial charge is 0.329 e. The molecule has 7 heteroatoms. The molecule has 1 atom stereocenters. The highest BCUT2D eigenvalue weighted by molar-refractivity contribution is 5.82. The summed E-state index contributed by atoms with van der Waals surface area (Å²) in [5, 5.41) is 0. The third-order valence-corrected chi connectivity index (χ3v) is 2.67. The normalized spacial score (nSPS) is 24.1. The largest absolute Gasteiger partial charge is 0.329 e. The molecule has 0 aliphatic carbocycles. The van der Waals surface area contributed by atoms with Gasteiger partial charge in [0.25, 0.3) is 0 Å². The molecule has 1 heterocycles. The number of nitrogens with two attached hydrogens (primary N) is 1. The van der Waals surface area contributed by atoms with Gasteiger partial charge in [-0.3, -0.25) is 4.79 Å². The summed E-state index contributed by atoms with van der Waals surface area (Å²) in [6.45, 7) is 1.09. The predicted octanol–water partition coefficient (Wildman–Crippen LogP) is 1.47. The quantitative estimate of drug-likeness (QED) is 0.777. The Hall–Kier alpha value is -0.850. The van der Waals surface area contributed by atoms with Crippen LogP contribution >= 0.6 is 0 Å². The molecule has 0 saturated carbocycles. The van der Waals surface area contributed by atoms with E-state index in [0.29, 0.717) is 4.90 Å². The molecule has 0 bridgehead atoms. The summed E-state index contributed by atoms with van der Waals surface area (Å²) in [5.74, 6) is -9.08. The van der Waals surface area contributed by atoms with Crippen molar-refractivity contribution in [3.8, 4) is 0 Å². The molecular formula is C10H16F4N2O. The van der Waals surface area contributed by atoms with Gasteiger partial charge in [0.1, 0.15) is 0 Å². The molecule has 1 rings (SSSR count). The second-order valence-electron chi connectivity index (χ2n) is 4.84. The predicted molar refractivity (Wildman–Crippen MR) is 53.9 cm³/mol. The SMILES string of the molecule is CC(C)CC(N)C(=O)N1CC(F)(F)C(F)(F)C1. The fraction of sp³-hybridized carbons (Fsp3) is 0.900. The van der Waals surface area contributed by atoms with Gasteiger partial charge >= 0.3 is 11.8 Å². The minimum absolute atomic E-state index is 0.0950. The molecule has 2 N–H and O–H groups in total. The van der Waals surface area contributed by atoms with E-state index in [4.69, 9.17) is 5.73 Å². The zero-order valence-corrected chi connectivity index (χ0v) is 9.72. The minimum atomic E-state index is -4.17. The van der Waals surface area contributed by atoms with Gasteiger partial charge in [-0.15, -0.1) is 0 Å². The van der Waals surface area contributed by atoms with E-state index in [1.807, 2.05) is 0 Å². The average Bonchev–Trinajstić information content (AvgIpc) is 2.33. The summed E-state index contributed by atoms with van der Waals surface area (Å²) in [4.78, 5) is 12.0. The van der Waals surface area contributed by atoms with E-state index in [0.717, 1.165) is 0 Å². The highest BCUT2D eigenvalue weighted by atomic mass is 19.3. The van der Waals surface area contributed by atoms with Gasteiger partial charge in [0, 0.05) is 0 Å². The van der Waals surface area contributed by atoms with E-state index in [1.54, 1.807) is 13.8 Å². The van der Waals surface area contributed by atoms with E-state index in [-0.39, 0.29) is 12.3 Å². The number of alkyl halides is 4. The molecule has 3 nitrogen and oxygen atoms in total. The Labute approximate surface area is 96.9 Å². The zero-order chi connectivity index (χ0) is 13.4. The van der Waals surface area contributed by atoms with Gasteiger partial charge in [-0.05, 0) is 12.3 Å². The van der Waals surface area contributed by atoms with Crippen LogP contribution in [0.4, 0.5) is 17.6 Å². The van der Waals surface area contributed by atoms with Gasteiger partial charge in [0.15, 0.2) is 0 Å². The zero-order valence-electron chi connectivity index (χ0n) is 9.72. The van der Waals surface area contributed by atoms with E-state index >= 15 is 0 Å². The first-order valence-electron chi connectivity index (χ1n) is 5.37. The summed E-state index contributed by atoms with van der Waals surface area (Å²) in [6.07, 6.45) is 0.284. The maximum atomic E-state index is 12.9. The lowest BCUT2D eigenvalue weighted by Crippen LogP contribution is -2.44. The second kappa shape index (κ2) is 4.44. The Morgan fingerprint density at radius 3 is 2.00 bits per heavy atom. The highest BCUT2D eigenvalue weighted by Gasteiger charge is 2.64. The molecule has 0 aromatic heterocycles. The number of rotatable bonds is 3. The van der Waals surface area contributed by atoms with E-state index in [2.05, 4.69) is 0 Å². The Bertz CT molecular complexity index is 291. The average molecular weight is 256 g/mol. The lowest BCUT2D eigenvalue weighted by molar-refractivity contribution is -0.172. The van der Waals surface area contributed by atoms with Crippen LogP contribution in [0.5, 0.6) is 0 Å². The number of hydrogen-bond acceptors (Lipinski definition) is 2. The van der Waals surface area contributed by atoms with Gasteiger partial charge in [-0.2, -0.15) is 17.6 Å². The maximum absolute atomic E-state index is 12.9. The summed E-state index contributed by atoms with van der Waals surface area (Å²) >= 11 is 0. The lowest BCUT2D eigenvalue weighted by atomic mass is 10.0. The monoisotopic (exact) mass is 256 g/mol. The number of likely N-dealkylation sites (tertiary alicyclic amines) is 1. The molecule has 1 fully saturated rings. The van der Waals surface area contributed by atoms with Crippen LogP contribution in [-0.2, 0) is 4.79 Å². The first-order valence-corrected chi connectivity index (χ1v) is 5.37. The highest BCUT2D eigenvalue weighted by Crippen LogP contribution is 2.41. The molecule has 0 spiro atoms. The number of carbonyl (C=O) groups excluding carboxylic acids is 1. The van der Waals surface area contributed by atoms with Crippen LogP contribution in [0, 0.1) is 5.92 Å².